The van der Waals surface area contributed by atoms with Crippen molar-refractivity contribution >= 4 is 17.3 Å². The lowest BCUT2D eigenvalue weighted by atomic mass is 9.44. The van der Waals surface area contributed by atoms with E-state index in [1.54, 1.807) is 20.8 Å². The van der Waals surface area contributed by atoms with Crippen LogP contribution in [0.5, 0.6) is 0 Å². The third-order valence-corrected chi connectivity index (χ3v) is 8.95. The zero-order valence-corrected chi connectivity index (χ0v) is 16.8. The Hall–Kier alpha value is -1.40. The van der Waals surface area contributed by atoms with Gasteiger partial charge >= 0.3 is 0 Å². The first-order chi connectivity index (χ1) is 13.0. The molecule has 2 N–H and O–H groups in total. The molecular weight excluding hydrogens is 363 g/mol. The van der Waals surface area contributed by atoms with Gasteiger partial charge < -0.3 is 10.2 Å². The molecular formula is C22H29FO5. The van der Waals surface area contributed by atoms with Crippen LogP contribution in [0.15, 0.2) is 11.6 Å². The van der Waals surface area contributed by atoms with Crippen LogP contribution < -0.4 is 0 Å². The summed E-state index contributed by atoms with van der Waals surface area (Å²) in [6, 6.07) is 0. The first-order valence-electron chi connectivity index (χ1n) is 10.3. The first-order valence-corrected chi connectivity index (χ1v) is 10.3. The van der Waals surface area contributed by atoms with Gasteiger partial charge in [0.2, 0.25) is 0 Å². The van der Waals surface area contributed by atoms with Gasteiger partial charge in [0.05, 0.1) is 0 Å². The van der Waals surface area contributed by atoms with E-state index in [-0.39, 0.29) is 24.5 Å². The Labute approximate surface area is 164 Å². The van der Waals surface area contributed by atoms with Crippen molar-refractivity contribution in [2.75, 3.05) is 6.61 Å². The maximum atomic E-state index is 16.8. The Kier molecular flexibility index (Phi) is 4.13. The molecule has 3 fully saturated rings. The zero-order chi connectivity index (χ0) is 20.7. The van der Waals surface area contributed by atoms with Gasteiger partial charge in [0.15, 0.2) is 23.0 Å². The van der Waals surface area contributed by atoms with Crippen molar-refractivity contribution in [2.24, 2.45) is 28.6 Å². The normalized spacial score (nSPS) is 50.5. The van der Waals surface area contributed by atoms with Crippen LogP contribution in [0.2, 0.25) is 0 Å². The summed E-state index contributed by atoms with van der Waals surface area (Å²) in [5.74, 6) is -2.67. The topological polar surface area (TPSA) is 91.7 Å². The maximum Gasteiger partial charge on any atom is 0.190 e. The summed E-state index contributed by atoms with van der Waals surface area (Å²) in [6.07, 6.45) is 3.27. The number of aliphatic hydroxyl groups excluding tert-OH is 1. The molecule has 4 aliphatic carbocycles. The van der Waals surface area contributed by atoms with E-state index in [4.69, 9.17) is 0 Å². The number of rotatable bonds is 2. The average Bonchev–Trinajstić information content (AvgIpc) is 2.84. The van der Waals surface area contributed by atoms with E-state index in [2.05, 4.69) is 0 Å². The van der Waals surface area contributed by atoms with Crippen molar-refractivity contribution in [3.8, 4) is 0 Å². The summed E-state index contributed by atoms with van der Waals surface area (Å²) < 4.78 is 16.8. The van der Waals surface area contributed by atoms with Crippen molar-refractivity contribution in [3.05, 3.63) is 11.6 Å². The van der Waals surface area contributed by atoms with Crippen LogP contribution in [0.1, 0.15) is 59.3 Å². The number of halogens is 1. The van der Waals surface area contributed by atoms with Crippen LogP contribution in [-0.4, -0.2) is 45.4 Å². The number of carbonyl (C=O) groups is 3. The molecule has 0 saturated heterocycles. The highest BCUT2D eigenvalue weighted by atomic mass is 19.1. The highest BCUT2D eigenvalue weighted by molar-refractivity contribution is 5.97. The maximum absolute atomic E-state index is 16.8. The predicted octanol–water partition coefficient (Wildman–Crippen LogP) is 2.33. The SMILES string of the molecule is C[C@@H]1C[C@H]2[C@@H]3CCC4=CC(=O)CC[C@]4(C)[C@@]3(F)C(=O)C[C@]2(C)[C@@]1(O)C(=O)CO. The van der Waals surface area contributed by atoms with Crippen molar-refractivity contribution in [3.63, 3.8) is 0 Å². The number of alkyl halides is 1. The highest BCUT2D eigenvalue weighted by Gasteiger charge is 2.75. The summed E-state index contributed by atoms with van der Waals surface area (Å²) >= 11 is 0. The smallest absolute Gasteiger partial charge is 0.190 e. The second-order valence-electron chi connectivity index (χ2n) is 9.93. The Morgan fingerprint density at radius 2 is 1.93 bits per heavy atom. The van der Waals surface area contributed by atoms with Gasteiger partial charge in [-0.25, -0.2) is 4.39 Å². The van der Waals surface area contributed by atoms with Crippen molar-refractivity contribution in [1.82, 2.24) is 0 Å². The monoisotopic (exact) mass is 392 g/mol. The Bertz CT molecular complexity index is 805. The third kappa shape index (κ3) is 2.01. The second kappa shape index (κ2) is 5.82. The van der Waals surface area contributed by atoms with E-state index in [1.165, 1.54) is 6.08 Å². The number of hydrogen-bond donors (Lipinski definition) is 2. The minimum Gasteiger partial charge on any atom is -0.388 e. The highest BCUT2D eigenvalue weighted by Crippen LogP contribution is 2.70. The minimum absolute atomic E-state index is 0.0139. The number of aliphatic hydroxyl groups is 2. The number of fused-ring (bicyclic) bond motifs is 5. The predicted molar refractivity (Wildman–Crippen MR) is 99.0 cm³/mol. The lowest BCUT2D eigenvalue weighted by Crippen LogP contribution is -2.68. The van der Waals surface area contributed by atoms with Gasteiger partial charge in [0.25, 0.3) is 0 Å². The Balaban J connectivity index is 1.84. The largest absolute Gasteiger partial charge is 0.388 e. The number of allylic oxidation sites excluding steroid dienone is 1. The molecule has 0 amide bonds. The third-order valence-electron chi connectivity index (χ3n) is 8.95. The standard InChI is InChI=1S/C22H29FO5/c1-12-8-16-15-5-4-13-9-14(25)6-7-19(13,2)21(15,23)17(26)10-20(16,3)22(12,28)18(27)11-24/h9,12,15-16,24,28H,4-8,10-11H2,1-3H3/t12-,15+,16+,19+,20+,21+,22+/m1/s1. The molecule has 0 bridgehead atoms. The van der Waals surface area contributed by atoms with Crippen LogP contribution in [0.3, 0.4) is 0 Å². The second-order valence-corrected chi connectivity index (χ2v) is 9.93. The Morgan fingerprint density at radius 1 is 1.25 bits per heavy atom. The molecule has 28 heavy (non-hydrogen) atoms. The van der Waals surface area contributed by atoms with Crippen LogP contribution >= 0.6 is 0 Å². The minimum atomic E-state index is -2.09. The lowest BCUT2D eigenvalue weighted by Gasteiger charge is -2.60. The van der Waals surface area contributed by atoms with Gasteiger partial charge in [-0.1, -0.05) is 26.3 Å². The van der Waals surface area contributed by atoms with Gasteiger partial charge in [-0.05, 0) is 43.6 Å². The molecule has 154 valence electrons. The lowest BCUT2D eigenvalue weighted by molar-refractivity contribution is -0.191. The fourth-order valence-electron chi connectivity index (χ4n) is 7.34. The molecule has 0 spiro atoms. The number of Topliss-reactive ketones (excluding diaryl/α,β-unsaturated/α-hetero) is 2. The molecule has 0 aliphatic heterocycles. The van der Waals surface area contributed by atoms with E-state index in [0.29, 0.717) is 25.7 Å². The van der Waals surface area contributed by atoms with Crippen molar-refractivity contribution < 1.29 is 29.0 Å². The summed E-state index contributed by atoms with van der Waals surface area (Å²) in [5, 5.41) is 20.8. The van der Waals surface area contributed by atoms with Crippen LogP contribution in [0, 0.1) is 28.6 Å². The molecule has 0 aromatic rings. The molecule has 0 aromatic heterocycles. The van der Waals surface area contributed by atoms with Gasteiger partial charge in [0, 0.05) is 29.6 Å². The molecule has 7 atom stereocenters. The summed E-state index contributed by atoms with van der Waals surface area (Å²) in [7, 11) is 0. The number of ketones is 3. The van der Waals surface area contributed by atoms with Crippen LogP contribution in [-0.2, 0) is 14.4 Å². The van der Waals surface area contributed by atoms with E-state index in [1.807, 2.05) is 0 Å². The molecule has 0 heterocycles. The fraction of sp³-hybridized carbons (Fsp3) is 0.773. The quantitative estimate of drug-likeness (QED) is 0.753. The first kappa shape index (κ1) is 19.9. The van der Waals surface area contributed by atoms with E-state index < -0.39 is 52.1 Å². The number of carbonyl (C=O) groups excluding carboxylic acids is 3. The van der Waals surface area contributed by atoms with Crippen molar-refractivity contribution in [1.29, 1.82) is 0 Å². The summed E-state index contributed by atoms with van der Waals surface area (Å²) in [6.45, 7) is 4.43. The Morgan fingerprint density at radius 3 is 2.57 bits per heavy atom. The fourth-order valence-corrected chi connectivity index (χ4v) is 7.34. The van der Waals surface area contributed by atoms with Gasteiger partial charge in [-0.2, -0.15) is 0 Å². The molecule has 3 saturated carbocycles. The molecule has 0 aromatic carbocycles. The van der Waals surface area contributed by atoms with E-state index in [0.717, 1.165) is 5.57 Å². The summed E-state index contributed by atoms with van der Waals surface area (Å²) in [4.78, 5) is 37.8. The molecule has 0 unspecified atom stereocenters. The molecule has 0 radical (unpaired) electrons. The number of hydrogen-bond acceptors (Lipinski definition) is 5. The molecule has 4 rings (SSSR count). The van der Waals surface area contributed by atoms with Gasteiger partial charge in [-0.3, -0.25) is 14.4 Å². The van der Waals surface area contributed by atoms with Crippen LogP contribution in [0.4, 0.5) is 4.39 Å². The summed E-state index contributed by atoms with van der Waals surface area (Å²) in [5.41, 5.74) is -5.29. The average molecular weight is 392 g/mol. The van der Waals surface area contributed by atoms with Gasteiger partial charge in [-0.15, -0.1) is 0 Å². The van der Waals surface area contributed by atoms with Crippen LogP contribution in [0.25, 0.3) is 0 Å². The molecule has 4 aliphatic rings. The molecule has 5 nitrogen and oxygen atoms in total. The van der Waals surface area contributed by atoms with E-state index >= 15 is 4.39 Å². The van der Waals surface area contributed by atoms with Crippen molar-refractivity contribution in [2.45, 2.75) is 70.6 Å². The molecule has 6 heteroatoms. The zero-order valence-electron chi connectivity index (χ0n) is 16.8. The van der Waals surface area contributed by atoms with E-state index in [9.17, 15) is 24.6 Å². The van der Waals surface area contributed by atoms with Gasteiger partial charge in [0.1, 0.15) is 12.2 Å².